The minimum atomic E-state index is -4.80. The van der Waals surface area contributed by atoms with Gasteiger partial charge in [0.15, 0.2) is 0 Å². The van der Waals surface area contributed by atoms with Crippen molar-refractivity contribution in [2.45, 2.75) is 90.0 Å². The number of nitroso groups, excluding NO2 is 1. The lowest BCUT2D eigenvalue weighted by Gasteiger charge is -2.50. The van der Waals surface area contributed by atoms with Gasteiger partial charge in [-0.25, -0.2) is 4.39 Å². The van der Waals surface area contributed by atoms with Crippen molar-refractivity contribution >= 4 is 23.6 Å². The molecule has 1 aromatic heterocycles. The van der Waals surface area contributed by atoms with Crippen molar-refractivity contribution < 1.29 is 50.9 Å². The van der Waals surface area contributed by atoms with Gasteiger partial charge in [-0.1, -0.05) is 61.4 Å². The number of unbranched alkanes of at least 4 members (excludes halogenated alkanes) is 3. The van der Waals surface area contributed by atoms with E-state index in [1.807, 2.05) is 0 Å². The summed E-state index contributed by atoms with van der Waals surface area (Å²) in [5.74, 6) is -6.37. The highest BCUT2D eigenvalue weighted by Gasteiger charge is 2.54. The molecule has 1 aliphatic carbocycles. The Balaban J connectivity index is 1.38. The Hall–Kier alpha value is -5.35. The summed E-state index contributed by atoms with van der Waals surface area (Å²) in [6.07, 6.45) is 2.97. The molecule has 2 amide bonds. The number of aliphatic hydroxyl groups excluding tert-OH is 2. The quantitative estimate of drug-likeness (QED) is 0.0502. The molecule has 10 nitrogen and oxygen atoms in total. The molecule has 1 fully saturated rings. The van der Waals surface area contributed by atoms with Gasteiger partial charge in [-0.2, -0.15) is 26.9 Å². The maximum Gasteiger partial charge on any atom is 0.416 e. The highest BCUT2D eigenvalue weighted by atomic mass is 19.4. The fourth-order valence-corrected chi connectivity index (χ4v) is 7.48. The van der Waals surface area contributed by atoms with E-state index in [-0.39, 0.29) is 42.1 Å². The normalized spacial score (nSPS) is 16.7. The number of carbonyl (C=O) groups excluding carboxylic acids is 2. The molecule has 3 N–H and O–H groups in total. The van der Waals surface area contributed by atoms with Crippen LogP contribution >= 0.6 is 0 Å². The van der Waals surface area contributed by atoms with Crippen LogP contribution < -0.4 is 5.32 Å². The molecule has 1 spiro atoms. The summed E-state index contributed by atoms with van der Waals surface area (Å²) < 4.78 is 90.6. The third-order valence-corrected chi connectivity index (χ3v) is 10.7. The Labute approximate surface area is 337 Å². The van der Waals surface area contributed by atoms with Gasteiger partial charge in [0, 0.05) is 47.8 Å². The molecule has 1 atom stereocenters. The minimum absolute atomic E-state index is 0.0183. The Morgan fingerprint density at radius 2 is 1.80 bits per heavy atom. The summed E-state index contributed by atoms with van der Waals surface area (Å²) >= 11 is 0. The highest BCUT2D eigenvalue weighted by Crippen LogP contribution is 2.56. The van der Waals surface area contributed by atoms with Crippen molar-refractivity contribution in [1.82, 2.24) is 9.88 Å². The number of anilines is 1. The van der Waals surface area contributed by atoms with Crippen molar-refractivity contribution in [2.24, 2.45) is 10.6 Å². The van der Waals surface area contributed by atoms with E-state index in [4.69, 9.17) is 4.74 Å². The predicted octanol–water partition coefficient (Wildman–Crippen LogP) is 9.78. The van der Waals surface area contributed by atoms with Gasteiger partial charge < -0.3 is 25.2 Å². The number of halogens is 6. The van der Waals surface area contributed by atoms with Gasteiger partial charge in [-0.15, -0.1) is 0 Å². The number of rotatable bonds is 18. The topological polar surface area (TPSA) is 141 Å². The largest absolute Gasteiger partial charge is 0.510 e. The number of benzene rings is 2. The number of hydrogen-bond donors (Lipinski definition) is 3. The lowest BCUT2D eigenvalue weighted by atomic mass is 9.62. The van der Waals surface area contributed by atoms with Gasteiger partial charge in [0.05, 0.1) is 24.1 Å². The van der Waals surface area contributed by atoms with E-state index in [9.17, 15) is 46.7 Å². The molecule has 1 unspecified atom stereocenters. The first-order chi connectivity index (χ1) is 28.0. The van der Waals surface area contributed by atoms with E-state index in [1.165, 1.54) is 11.0 Å². The average molecular weight is 829 g/mol. The molecule has 316 valence electrons. The maximum absolute atomic E-state index is 16.0. The van der Waals surface area contributed by atoms with Crippen molar-refractivity contribution in [3.05, 3.63) is 117 Å². The lowest BCUT2D eigenvalue weighted by molar-refractivity contribution is -0.137. The molecule has 1 saturated carbocycles. The first-order valence-electron chi connectivity index (χ1n) is 19.2. The summed E-state index contributed by atoms with van der Waals surface area (Å²) in [6.45, 7) is 6.07. The van der Waals surface area contributed by atoms with E-state index in [2.05, 4.69) is 22.1 Å². The molecule has 59 heavy (non-hydrogen) atoms. The van der Waals surface area contributed by atoms with E-state index in [0.717, 1.165) is 43.3 Å². The number of nitrogens with one attached hydrogen (secondary N) is 1. The van der Waals surface area contributed by atoms with Crippen LogP contribution in [0.2, 0.25) is 0 Å². The molecule has 16 heteroatoms. The summed E-state index contributed by atoms with van der Waals surface area (Å²) in [5, 5.41) is 26.3. The van der Waals surface area contributed by atoms with Crippen LogP contribution in [0.3, 0.4) is 0 Å². The highest BCUT2D eigenvalue weighted by molar-refractivity contribution is 6.24. The lowest BCUT2D eigenvalue weighted by Crippen LogP contribution is -2.51. The van der Waals surface area contributed by atoms with Crippen LogP contribution in [-0.4, -0.2) is 57.8 Å². The monoisotopic (exact) mass is 828 g/mol. The van der Waals surface area contributed by atoms with Crippen LogP contribution in [0.4, 0.5) is 32.0 Å². The van der Waals surface area contributed by atoms with E-state index in [0.29, 0.717) is 74.9 Å². The first-order valence-corrected chi connectivity index (χ1v) is 19.2. The van der Waals surface area contributed by atoms with Crippen molar-refractivity contribution in [1.29, 1.82) is 0 Å². The molecule has 0 saturated heterocycles. The molecule has 1 aliphatic heterocycles. The van der Waals surface area contributed by atoms with Crippen molar-refractivity contribution in [3.63, 3.8) is 0 Å². The summed E-state index contributed by atoms with van der Waals surface area (Å²) in [5.41, 5.74) is -2.56. The summed E-state index contributed by atoms with van der Waals surface area (Å²) in [7, 11) is 0. The zero-order valence-electron chi connectivity index (χ0n) is 32.7. The number of ether oxygens (including phenoxy) is 1. The van der Waals surface area contributed by atoms with Crippen LogP contribution in [0, 0.1) is 16.1 Å². The molecular formula is C43H46F6N4O6. The van der Waals surface area contributed by atoms with E-state index in [1.54, 1.807) is 25.1 Å². The summed E-state index contributed by atoms with van der Waals surface area (Å²) in [4.78, 5) is 43.6. The van der Waals surface area contributed by atoms with Crippen molar-refractivity contribution in [2.75, 3.05) is 25.1 Å². The standard InChI is InChI=1S/C43H46F6N4O6/c1-4-31-28(13-12-26(37(31)44)11-8-6-7-9-20-59-25-30(54)23-51-58)24-53-35(5-2)42(18-10-19-42)38(55)36(40(53)57)39(56)52-33-16-15-29(43(47,48)49)21-32(33)27-14-17-34(50-22-27)41(3,45)46/h4-5,12-17,21-22,30,54-55H,1,6-11,18-20,23-25H2,2-3H3,(H,52,56)/b35-5+. The number of pyridine rings is 1. The number of nitrogens with zero attached hydrogens (tertiary/aromatic N) is 3. The molecule has 2 aliphatic rings. The van der Waals surface area contributed by atoms with Gasteiger partial charge in [0.1, 0.15) is 35.5 Å². The minimum Gasteiger partial charge on any atom is -0.510 e. The molecule has 3 aromatic rings. The Kier molecular flexibility index (Phi) is 14.2. The molecule has 2 aromatic carbocycles. The second kappa shape index (κ2) is 18.7. The zero-order chi connectivity index (χ0) is 43.1. The second-order valence-corrected chi connectivity index (χ2v) is 14.8. The Bertz CT molecular complexity index is 2110. The fraction of sp³-hybridized carbons (Fsp3) is 0.419. The van der Waals surface area contributed by atoms with Gasteiger partial charge in [0.2, 0.25) is 0 Å². The van der Waals surface area contributed by atoms with Gasteiger partial charge >= 0.3 is 6.18 Å². The second-order valence-electron chi connectivity index (χ2n) is 14.8. The number of amides is 2. The number of carbonyl (C=O) groups is 2. The molecule has 2 heterocycles. The van der Waals surface area contributed by atoms with Crippen LogP contribution in [0.1, 0.15) is 86.7 Å². The average Bonchev–Trinajstić information content (AvgIpc) is 3.16. The van der Waals surface area contributed by atoms with Gasteiger partial charge in [0.25, 0.3) is 17.7 Å². The first kappa shape index (κ1) is 44.7. The van der Waals surface area contributed by atoms with Gasteiger partial charge in [-0.05, 0) is 74.4 Å². The van der Waals surface area contributed by atoms with Crippen LogP contribution in [-0.2, 0) is 39.4 Å². The summed E-state index contributed by atoms with van der Waals surface area (Å²) in [6, 6.07) is 7.81. The third-order valence-electron chi connectivity index (χ3n) is 10.7. The Morgan fingerprint density at radius 3 is 2.39 bits per heavy atom. The van der Waals surface area contributed by atoms with Crippen LogP contribution in [0.25, 0.3) is 17.2 Å². The van der Waals surface area contributed by atoms with Gasteiger partial charge in [-0.3, -0.25) is 14.6 Å². The predicted molar refractivity (Wildman–Crippen MR) is 209 cm³/mol. The fourth-order valence-electron chi connectivity index (χ4n) is 7.48. The number of aryl methyl sites for hydroxylation is 1. The smallest absolute Gasteiger partial charge is 0.416 e. The zero-order valence-corrected chi connectivity index (χ0v) is 32.7. The van der Waals surface area contributed by atoms with E-state index >= 15 is 4.39 Å². The molecule has 0 bridgehead atoms. The third kappa shape index (κ3) is 9.93. The molecule has 5 rings (SSSR count). The van der Waals surface area contributed by atoms with Crippen molar-refractivity contribution in [3.8, 4) is 11.1 Å². The maximum atomic E-state index is 16.0. The number of hydrogen-bond acceptors (Lipinski definition) is 8. The molecular weight excluding hydrogens is 782 g/mol. The van der Waals surface area contributed by atoms with Crippen LogP contribution in [0.5, 0.6) is 0 Å². The SMILES string of the molecule is C=Cc1c(CN2C(=O)C(C(=O)Nc3ccc(C(F)(F)F)cc3-c3ccc(C(C)(F)F)nc3)=C(O)C3(CCC3)/C2=C\C)ccc(CCCCCCOCC(O)CN=O)c1F. The number of aliphatic hydroxyl groups is 2. The number of alkyl halides is 5. The molecule has 0 radical (unpaired) electrons. The van der Waals surface area contributed by atoms with E-state index < -0.39 is 63.8 Å². The van der Waals surface area contributed by atoms with Crippen LogP contribution in [0.15, 0.2) is 83.5 Å². The Morgan fingerprint density at radius 1 is 1.08 bits per heavy atom. The number of allylic oxidation sites excluding steroid dienone is 1. The number of aromatic nitrogens is 1.